The van der Waals surface area contributed by atoms with E-state index in [4.69, 9.17) is 11.6 Å². The van der Waals surface area contributed by atoms with E-state index < -0.39 is 0 Å². The van der Waals surface area contributed by atoms with E-state index in [1.54, 1.807) is 11.3 Å². The molecular formula is C14H18ClN3S. The van der Waals surface area contributed by atoms with E-state index >= 15 is 0 Å². The largest absolute Gasteiger partial charge is 0.317 e. The minimum absolute atomic E-state index is 0.779. The summed E-state index contributed by atoms with van der Waals surface area (Å²) in [5.41, 5.74) is 2.16. The van der Waals surface area contributed by atoms with Crippen LogP contribution in [0.15, 0.2) is 18.2 Å². The van der Waals surface area contributed by atoms with Crippen molar-refractivity contribution in [1.82, 2.24) is 15.5 Å². The number of hydrogen-bond acceptors (Lipinski definition) is 4. The van der Waals surface area contributed by atoms with Crippen molar-refractivity contribution in [2.45, 2.75) is 26.7 Å². The quantitative estimate of drug-likeness (QED) is 0.826. The Morgan fingerprint density at radius 2 is 2.16 bits per heavy atom. The molecule has 0 aliphatic heterocycles. The van der Waals surface area contributed by atoms with Gasteiger partial charge in [-0.3, -0.25) is 0 Å². The molecule has 2 aromatic rings. The first-order chi connectivity index (χ1) is 9.22. The average molecular weight is 296 g/mol. The Hall–Kier alpha value is -0.970. The van der Waals surface area contributed by atoms with E-state index in [0.717, 1.165) is 52.1 Å². The maximum atomic E-state index is 6.14. The van der Waals surface area contributed by atoms with Gasteiger partial charge in [0.15, 0.2) is 0 Å². The van der Waals surface area contributed by atoms with Crippen LogP contribution in [-0.2, 0) is 6.42 Å². The van der Waals surface area contributed by atoms with Crippen LogP contribution in [0.5, 0.6) is 0 Å². The molecule has 0 atom stereocenters. The zero-order valence-corrected chi connectivity index (χ0v) is 12.8. The number of hydrogen-bond donors (Lipinski definition) is 1. The van der Waals surface area contributed by atoms with Crippen molar-refractivity contribution in [3.8, 4) is 10.6 Å². The molecule has 2 rings (SSSR count). The molecule has 0 aliphatic rings. The standard InChI is InChI=1S/C14H18ClN3S/c1-3-16-9-5-8-13-17-18-14(19-13)11-6-4-7-12(15)10(11)2/h4,6-7,16H,3,5,8-9H2,1-2H3. The van der Waals surface area contributed by atoms with Crippen LogP contribution in [0.2, 0.25) is 5.02 Å². The van der Waals surface area contributed by atoms with Crippen LogP contribution in [0.25, 0.3) is 10.6 Å². The van der Waals surface area contributed by atoms with E-state index in [1.807, 2.05) is 25.1 Å². The molecule has 102 valence electrons. The second kappa shape index (κ2) is 6.98. The molecule has 1 aromatic carbocycles. The lowest BCUT2D eigenvalue weighted by molar-refractivity contribution is 0.669. The minimum atomic E-state index is 0.779. The molecule has 0 amide bonds. The predicted molar refractivity (Wildman–Crippen MR) is 82.0 cm³/mol. The van der Waals surface area contributed by atoms with Crippen molar-refractivity contribution in [3.63, 3.8) is 0 Å². The molecule has 0 saturated carbocycles. The molecule has 0 radical (unpaired) electrons. The summed E-state index contributed by atoms with van der Waals surface area (Å²) in [6.45, 7) is 6.18. The average Bonchev–Trinajstić information content (AvgIpc) is 2.87. The van der Waals surface area contributed by atoms with Gasteiger partial charge in [0, 0.05) is 17.0 Å². The highest BCUT2D eigenvalue weighted by molar-refractivity contribution is 7.14. The zero-order chi connectivity index (χ0) is 13.7. The summed E-state index contributed by atoms with van der Waals surface area (Å²) in [7, 11) is 0. The molecule has 1 aromatic heterocycles. The van der Waals surface area contributed by atoms with Gasteiger partial charge in [0.05, 0.1) is 0 Å². The molecule has 3 nitrogen and oxygen atoms in total. The van der Waals surface area contributed by atoms with Gasteiger partial charge in [-0.15, -0.1) is 10.2 Å². The molecule has 19 heavy (non-hydrogen) atoms. The fraction of sp³-hybridized carbons (Fsp3) is 0.429. The fourth-order valence-electron chi connectivity index (χ4n) is 1.84. The van der Waals surface area contributed by atoms with Crippen LogP contribution in [0.3, 0.4) is 0 Å². The van der Waals surface area contributed by atoms with Crippen LogP contribution in [0.1, 0.15) is 23.9 Å². The Kier molecular flexibility index (Phi) is 5.31. The van der Waals surface area contributed by atoms with E-state index in [1.165, 1.54) is 0 Å². The minimum Gasteiger partial charge on any atom is -0.317 e. The number of halogens is 1. The summed E-state index contributed by atoms with van der Waals surface area (Å²) >= 11 is 7.80. The van der Waals surface area contributed by atoms with Gasteiger partial charge in [0.25, 0.3) is 0 Å². The lowest BCUT2D eigenvalue weighted by Gasteiger charge is -2.02. The Morgan fingerprint density at radius 3 is 2.95 bits per heavy atom. The zero-order valence-electron chi connectivity index (χ0n) is 11.2. The van der Waals surface area contributed by atoms with Gasteiger partial charge in [-0.05, 0) is 38.1 Å². The van der Waals surface area contributed by atoms with Crippen LogP contribution >= 0.6 is 22.9 Å². The SMILES string of the molecule is CCNCCCc1nnc(-c2cccc(Cl)c2C)s1. The normalized spacial score (nSPS) is 10.9. The first kappa shape index (κ1) is 14.4. The molecule has 0 aliphatic carbocycles. The summed E-state index contributed by atoms with van der Waals surface area (Å²) < 4.78 is 0. The number of rotatable bonds is 6. The smallest absolute Gasteiger partial charge is 0.148 e. The van der Waals surface area contributed by atoms with E-state index in [9.17, 15) is 0 Å². The van der Waals surface area contributed by atoms with Crippen LogP contribution < -0.4 is 5.32 Å². The van der Waals surface area contributed by atoms with Crippen molar-refractivity contribution in [1.29, 1.82) is 0 Å². The topological polar surface area (TPSA) is 37.8 Å². The van der Waals surface area contributed by atoms with E-state index in [2.05, 4.69) is 22.4 Å². The molecule has 0 saturated heterocycles. The number of nitrogens with one attached hydrogen (secondary N) is 1. The first-order valence-corrected chi connectivity index (χ1v) is 7.70. The summed E-state index contributed by atoms with van der Waals surface area (Å²) in [4.78, 5) is 0. The lowest BCUT2D eigenvalue weighted by atomic mass is 10.1. The summed E-state index contributed by atoms with van der Waals surface area (Å²) in [5.74, 6) is 0. The molecule has 0 spiro atoms. The van der Waals surface area contributed by atoms with Gasteiger partial charge < -0.3 is 5.32 Å². The van der Waals surface area contributed by atoms with Gasteiger partial charge >= 0.3 is 0 Å². The molecule has 1 heterocycles. The van der Waals surface area contributed by atoms with E-state index in [-0.39, 0.29) is 0 Å². The number of aryl methyl sites for hydroxylation is 1. The third-order valence-electron chi connectivity index (χ3n) is 2.96. The summed E-state index contributed by atoms with van der Waals surface area (Å²) in [6, 6.07) is 5.90. The van der Waals surface area contributed by atoms with Crippen molar-refractivity contribution >= 4 is 22.9 Å². The fourth-order valence-corrected chi connectivity index (χ4v) is 2.98. The summed E-state index contributed by atoms with van der Waals surface area (Å²) in [5, 5.41) is 14.7. The maximum absolute atomic E-state index is 6.14. The van der Waals surface area contributed by atoms with Gasteiger partial charge in [-0.1, -0.05) is 42.0 Å². The van der Waals surface area contributed by atoms with Gasteiger partial charge in [0.2, 0.25) is 0 Å². The van der Waals surface area contributed by atoms with Crippen LogP contribution in [-0.4, -0.2) is 23.3 Å². The number of benzene rings is 1. The van der Waals surface area contributed by atoms with Crippen LogP contribution in [0.4, 0.5) is 0 Å². The van der Waals surface area contributed by atoms with Crippen molar-refractivity contribution in [3.05, 3.63) is 33.8 Å². The second-order valence-corrected chi connectivity index (χ2v) is 5.84. The molecule has 0 fully saturated rings. The highest BCUT2D eigenvalue weighted by Gasteiger charge is 2.10. The lowest BCUT2D eigenvalue weighted by Crippen LogP contribution is -2.14. The van der Waals surface area contributed by atoms with Crippen molar-refractivity contribution < 1.29 is 0 Å². The number of nitrogens with zero attached hydrogens (tertiary/aromatic N) is 2. The molecule has 0 bridgehead atoms. The Labute approximate surface area is 123 Å². The van der Waals surface area contributed by atoms with Crippen LogP contribution in [0, 0.1) is 6.92 Å². The van der Waals surface area contributed by atoms with Gasteiger partial charge in [-0.25, -0.2) is 0 Å². The monoisotopic (exact) mass is 295 g/mol. The van der Waals surface area contributed by atoms with Crippen molar-refractivity contribution in [2.75, 3.05) is 13.1 Å². The van der Waals surface area contributed by atoms with Gasteiger partial charge in [0.1, 0.15) is 10.0 Å². The second-order valence-electron chi connectivity index (χ2n) is 4.37. The highest BCUT2D eigenvalue weighted by atomic mass is 35.5. The van der Waals surface area contributed by atoms with Crippen molar-refractivity contribution in [2.24, 2.45) is 0 Å². The molecule has 0 unspecified atom stereocenters. The molecule has 1 N–H and O–H groups in total. The highest BCUT2D eigenvalue weighted by Crippen LogP contribution is 2.30. The van der Waals surface area contributed by atoms with E-state index in [0.29, 0.717) is 0 Å². The first-order valence-electron chi connectivity index (χ1n) is 6.51. The predicted octanol–water partition coefficient (Wildman–Crippen LogP) is 3.71. The van der Waals surface area contributed by atoms with Gasteiger partial charge in [-0.2, -0.15) is 0 Å². The molecule has 5 heteroatoms. The Bertz CT molecular complexity index is 539. The Balaban J connectivity index is 2.06. The third-order valence-corrected chi connectivity index (χ3v) is 4.38. The third kappa shape index (κ3) is 3.75. The maximum Gasteiger partial charge on any atom is 0.148 e. The molecular weight excluding hydrogens is 278 g/mol. The summed E-state index contributed by atoms with van der Waals surface area (Å²) in [6.07, 6.45) is 2.07. The number of aromatic nitrogens is 2. The Morgan fingerprint density at radius 1 is 1.32 bits per heavy atom.